The highest BCUT2D eigenvalue weighted by atomic mass is 19.3. The van der Waals surface area contributed by atoms with Crippen LogP contribution in [0.5, 0.6) is 0 Å². The number of rotatable bonds is 3. The fourth-order valence-corrected chi connectivity index (χ4v) is 8.77. The molecule has 12 nitrogen and oxygen atoms in total. The minimum absolute atomic E-state index is 0.0625. The maximum Gasteiger partial charge on any atom is 0.272 e. The van der Waals surface area contributed by atoms with Crippen molar-refractivity contribution in [1.82, 2.24) is 53.9 Å². The Morgan fingerprint density at radius 1 is 0.406 bits per heavy atom. The third-order valence-electron chi connectivity index (χ3n) is 14.1. The molecule has 0 aromatic carbocycles. The molecule has 0 unspecified atom stereocenters. The minimum Gasteiger partial charge on any atom is -0.379 e. The molecule has 0 bridgehead atoms. The lowest BCUT2D eigenvalue weighted by Crippen LogP contribution is -2.53. The van der Waals surface area contributed by atoms with Crippen LogP contribution < -0.4 is 0 Å². The van der Waals surface area contributed by atoms with Gasteiger partial charge in [-0.1, -0.05) is 33.6 Å². The fraction of sp³-hybridized carbons (Fsp3) is 0.963. The lowest BCUT2D eigenvalue weighted by atomic mass is 10.0. The molecule has 410 valence electrons. The van der Waals surface area contributed by atoms with Crippen molar-refractivity contribution in [3.05, 3.63) is 0 Å². The van der Waals surface area contributed by atoms with Crippen molar-refractivity contribution < 1.29 is 17.9 Å². The zero-order valence-electron chi connectivity index (χ0n) is 47.1. The van der Waals surface area contributed by atoms with E-state index in [0.29, 0.717) is 19.0 Å². The van der Waals surface area contributed by atoms with Gasteiger partial charge in [-0.05, 0) is 199 Å². The van der Waals surface area contributed by atoms with Gasteiger partial charge in [0.15, 0.2) is 0 Å². The summed E-state index contributed by atoms with van der Waals surface area (Å²) in [7, 11) is 16.5. The summed E-state index contributed by atoms with van der Waals surface area (Å²) in [5.41, 5.74) is 0. The molecule has 0 amide bonds. The number of alkyl halides is 3. The minimum atomic E-state index is -2.38. The maximum atomic E-state index is 11.7. The van der Waals surface area contributed by atoms with Crippen LogP contribution in [0.15, 0.2) is 0 Å². The van der Waals surface area contributed by atoms with Crippen molar-refractivity contribution >= 4 is 0 Å². The molecule has 0 aliphatic carbocycles. The van der Waals surface area contributed by atoms with E-state index in [9.17, 15) is 13.2 Å². The van der Waals surface area contributed by atoms with Crippen molar-refractivity contribution in [3.63, 3.8) is 0 Å². The van der Waals surface area contributed by atoms with E-state index in [-0.39, 0.29) is 13.1 Å². The summed E-state index contributed by atoms with van der Waals surface area (Å²) in [5, 5.41) is 0. The van der Waals surface area contributed by atoms with E-state index in [0.717, 1.165) is 39.4 Å². The Morgan fingerprint density at radius 3 is 0.899 bits per heavy atom. The van der Waals surface area contributed by atoms with Crippen molar-refractivity contribution in [2.45, 2.75) is 103 Å². The zero-order valence-corrected chi connectivity index (χ0v) is 47.1. The van der Waals surface area contributed by atoms with Crippen LogP contribution in [-0.2, 0) is 4.74 Å². The van der Waals surface area contributed by atoms with Crippen LogP contribution >= 0.6 is 0 Å². The molecule has 10 aliphatic rings. The number of morpholine rings is 1. The van der Waals surface area contributed by atoms with Gasteiger partial charge in [-0.2, -0.15) is 0 Å². The molecule has 0 radical (unpaired) electrons. The molecule has 10 rings (SSSR count). The second kappa shape index (κ2) is 41.2. The highest BCUT2D eigenvalue weighted by Gasteiger charge is 2.41. The molecule has 10 heterocycles. The van der Waals surface area contributed by atoms with Gasteiger partial charge < -0.3 is 53.7 Å². The summed E-state index contributed by atoms with van der Waals surface area (Å²) in [6.07, 6.45) is 20.3. The predicted molar refractivity (Wildman–Crippen MR) is 290 cm³/mol. The predicted octanol–water partition coefficient (Wildman–Crippen LogP) is 5.95. The van der Waals surface area contributed by atoms with E-state index in [1.165, 1.54) is 182 Å². The molecule has 0 aromatic rings. The first kappa shape index (κ1) is 65.9. The Bertz CT molecular complexity index is 1140. The summed E-state index contributed by atoms with van der Waals surface area (Å²) < 4.78 is 40.3. The Hall–Kier alpha value is -1.13. The summed E-state index contributed by atoms with van der Waals surface area (Å²) in [4.78, 5) is 24.9. The van der Waals surface area contributed by atoms with Crippen LogP contribution in [0.25, 0.3) is 0 Å². The Labute approximate surface area is 425 Å². The van der Waals surface area contributed by atoms with Gasteiger partial charge in [0.1, 0.15) is 6.17 Å². The molecular weight excluding hydrogens is 876 g/mol. The second-order valence-corrected chi connectivity index (χ2v) is 21.3. The van der Waals surface area contributed by atoms with E-state index in [1.807, 2.05) is 11.9 Å². The van der Waals surface area contributed by atoms with Gasteiger partial charge in [-0.3, -0.25) is 4.90 Å². The van der Waals surface area contributed by atoms with Gasteiger partial charge in [0.05, 0.1) is 26.3 Å². The first-order valence-corrected chi connectivity index (χ1v) is 27.7. The number of hydrogen-bond donors (Lipinski definition) is 0. The number of halogens is 3. The van der Waals surface area contributed by atoms with Gasteiger partial charge in [0.2, 0.25) is 0 Å². The van der Waals surface area contributed by atoms with E-state index in [1.54, 1.807) is 11.9 Å². The molecule has 10 aliphatic heterocycles. The summed E-state index contributed by atoms with van der Waals surface area (Å²) in [5.74, 6) is 0.856. The molecule has 10 fully saturated rings. The van der Waals surface area contributed by atoms with Gasteiger partial charge in [-0.15, -0.1) is 12.3 Å². The third kappa shape index (κ3) is 37.3. The number of nitrogens with zero attached hydrogens (tertiary/aromatic N) is 11. The lowest BCUT2D eigenvalue weighted by molar-refractivity contribution is -0.119. The van der Waals surface area contributed by atoms with Crippen molar-refractivity contribution in [2.24, 2.45) is 5.92 Å². The number of terminal acetylenes is 1. The van der Waals surface area contributed by atoms with Gasteiger partial charge in [0.25, 0.3) is 5.92 Å². The van der Waals surface area contributed by atoms with E-state index in [2.05, 4.69) is 113 Å². The molecule has 0 atom stereocenters. The molecular formula is C54H112F3N11O. The van der Waals surface area contributed by atoms with Gasteiger partial charge >= 0.3 is 0 Å². The summed E-state index contributed by atoms with van der Waals surface area (Å²) in [6.45, 7) is 36.1. The normalized spacial score (nSPS) is 25.3. The van der Waals surface area contributed by atoms with E-state index < -0.39 is 12.1 Å². The first-order valence-electron chi connectivity index (χ1n) is 27.7. The van der Waals surface area contributed by atoms with Crippen LogP contribution in [0.3, 0.4) is 0 Å². The highest BCUT2D eigenvalue weighted by molar-refractivity contribution is 5.00. The van der Waals surface area contributed by atoms with Crippen LogP contribution in [0.1, 0.15) is 91.4 Å². The van der Waals surface area contributed by atoms with Crippen LogP contribution in [0, 0.1) is 18.3 Å². The molecule has 10 saturated heterocycles. The lowest BCUT2D eigenvalue weighted by Gasteiger charge is -2.35. The highest BCUT2D eigenvalue weighted by Crippen LogP contribution is 2.24. The SMILES string of the molecule is C#CC1CN(C)C1.CCN1CCCC1.CCN1CCCCC1.CCN1CCN(C)CC1.CN1CC(F)(F)C1.CN1CC(F)C1.CN1CCC1.CN1CCCC1.CN1CCCCC1.CN1CCOCC1. The quantitative estimate of drug-likeness (QED) is 0.315. The van der Waals surface area contributed by atoms with Crippen LogP contribution in [-0.4, -0.2) is 299 Å². The largest absolute Gasteiger partial charge is 0.379 e. The van der Waals surface area contributed by atoms with E-state index >= 15 is 0 Å². The first-order chi connectivity index (χ1) is 33.0. The van der Waals surface area contributed by atoms with Gasteiger partial charge in [0, 0.05) is 71.4 Å². The zero-order chi connectivity index (χ0) is 51.3. The summed E-state index contributed by atoms with van der Waals surface area (Å²) in [6, 6.07) is 0. The number of piperazine rings is 1. The van der Waals surface area contributed by atoms with Crippen LogP contribution in [0.4, 0.5) is 13.2 Å². The molecule has 0 N–H and O–H groups in total. The molecule has 15 heteroatoms. The standard InChI is InChI=1S/C7H16N2.C7H15N.C6H13N.C6H9N.C6H13N.C5H11NO.C5H11N.C4H7F2N.C4H8FN.C4H9N/c1-3-9-6-4-8(2)5-7-9;1-2-8-6-4-3-5-7-8;1-7-5-3-2-4-6-7;1-3-6-4-7(2)5-6;1-2-7-5-3-4-6-7;1-6-2-4-7-5-3-6;1-6-4-2-3-5-6;1-7-2-4(5,6)3-7;1-6-2-4(5)3-6;1-5-3-2-4-5/h3-7H2,1-2H3;2-7H2,1H3;2-6H2,1H3;1,6H,4-5H2,2H3;2-6H2,1H3;2-5H2,1H3;2-5H2,1H3;2-3H2,1H3;4H,2-3H2,1H3;2-4H2,1H3. The Kier molecular flexibility index (Phi) is 39.4. The number of likely N-dealkylation sites (N-methyl/N-ethyl adjacent to an activating group) is 3. The smallest absolute Gasteiger partial charge is 0.272 e. The van der Waals surface area contributed by atoms with Crippen molar-refractivity contribution in [2.75, 3.05) is 233 Å². The number of likely N-dealkylation sites (tertiary alicyclic amines) is 8. The molecule has 0 spiro atoms. The molecule has 0 aromatic heterocycles. The topological polar surface area (TPSA) is 44.9 Å². The second-order valence-electron chi connectivity index (χ2n) is 21.3. The maximum absolute atomic E-state index is 11.7. The van der Waals surface area contributed by atoms with Crippen molar-refractivity contribution in [1.29, 1.82) is 0 Å². The average molecular weight is 989 g/mol. The average Bonchev–Trinajstić information content (AvgIpc) is 4.04. The van der Waals surface area contributed by atoms with Crippen LogP contribution in [0.2, 0.25) is 0 Å². The molecule has 0 saturated carbocycles. The van der Waals surface area contributed by atoms with E-state index in [4.69, 9.17) is 11.2 Å². The third-order valence-corrected chi connectivity index (χ3v) is 14.1. The van der Waals surface area contributed by atoms with Crippen molar-refractivity contribution in [3.8, 4) is 12.3 Å². The molecule has 69 heavy (non-hydrogen) atoms. The fourth-order valence-electron chi connectivity index (χ4n) is 8.77. The Balaban J connectivity index is 0.000000384. The number of piperidine rings is 2. The summed E-state index contributed by atoms with van der Waals surface area (Å²) >= 11 is 0. The monoisotopic (exact) mass is 988 g/mol. The van der Waals surface area contributed by atoms with Gasteiger partial charge in [-0.25, -0.2) is 13.2 Å². The number of ether oxygens (including phenoxy) is 1. The Morgan fingerprint density at radius 2 is 0.725 bits per heavy atom. The number of hydrogen-bond acceptors (Lipinski definition) is 12.